The normalized spacial score (nSPS) is 13.2. The van der Waals surface area contributed by atoms with Crippen molar-refractivity contribution in [3.8, 4) is 0 Å². The molecule has 0 aliphatic carbocycles. The van der Waals surface area contributed by atoms with Gasteiger partial charge in [-0.05, 0) is 0 Å². The molecule has 0 unspecified atom stereocenters. The van der Waals surface area contributed by atoms with Gasteiger partial charge in [0.15, 0.2) is 0 Å². The van der Waals surface area contributed by atoms with Crippen LogP contribution in [0.15, 0.2) is 182 Å². The van der Waals surface area contributed by atoms with Crippen molar-refractivity contribution >= 4 is 73.4 Å². The van der Waals surface area contributed by atoms with Gasteiger partial charge >= 0.3 is 313 Å². The maximum Gasteiger partial charge on any atom is -0.412 e. The third-order valence-corrected chi connectivity index (χ3v) is 30.5. The van der Waals surface area contributed by atoms with Gasteiger partial charge in [0.05, 0.1) is 0 Å². The summed E-state index contributed by atoms with van der Waals surface area (Å²) in [5.41, 5.74) is 0. The van der Waals surface area contributed by atoms with Gasteiger partial charge in [0.1, 0.15) is 0 Å². The van der Waals surface area contributed by atoms with Gasteiger partial charge in [-0.2, -0.15) is 0 Å². The topological polar surface area (TPSA) is 31.5 Å². The van der Waals surface area contributed by atoms with E-state index in [2.05, 4.69) is 213 Å². The molecule has 0 heterocycles. The van der Waals surface area contributed by atoms with Crippen LogP contribution in [0.2, 0.25) is 0 Å². The van der Waals surface area contributed by atoms with Crippen LogP contribution in [-0.4, -0.2) is 17.8 Å². The zero-order valence-corrected chi connectivity index (χ0v) is 33.8. The van der Waals surface area contributed by atoms with E-state index in [-0.39, 0.29) is 5.48 Å². The van der Waals surface area contributed by atoms with E-state index in [1.165, 1.54) is 76.8 Å². The first-order valence-corrected chi connectivity index (χ1v) is 26.7. The monoisotopic (exact) mass is 826 g/mol. The Bertz CT molecular complexity index is 1530. The van der Waals surface area contributed by atoms with Crippen LogP contribution in [0.4, 0.5) is 0 Å². The number of benzene rings is 6. The van der Waals surface area contributed by atoms with Crippen LogP contribution in [0, 0.1) is 0 Å². The fraction of sp³-hybridized carbons (Fsp3) is 0.200. The molecule has 2 N–H and O–H groups in total. The Morgan fingerprint density at radius 1 is 0.260 bits per heavy atom. The minimum Gasteiger partial charge on any atom is -0.412 e. The van der Waals surface area contributed by atoms with E-state index in [0.29, 0.717) is 0 Å². The van der Waals surface area contributed by atoms with Gasteiger partial charge in [-0.1, -0.05) is 0 Å². The van der Waals surface area contributed by atoms with E-state index in [1.54, 1.807) is 0 Å². The minimum atomic E-state index is -2.84. The Hall–Kier alpha value is -2.90. The van der Waals surface area contributed by atoms with Crippen LogP contribution in [0.25, 0.3) is 0 Å². The van der Waals surface area contributed by atoms with Gasteiger partial charge < -0.3 is 5.48 Å². The standard InChI is InChI=1S/C45H48Br2P2.H2O/c46-48(40-26-12-6-13-27-40,41-28-14-7-15-29-41,42-30-16-8-17-31-42)38-24-4-2-1-3-5-25-39-49(47,43-32-18-9-19-33-43,44-34-20-10-21-35-44)45-36-22-11-23-37-45;/h6-23,26-37H,1-5,24-25,38-39H2;1H2. The molecule has 5 heteroatoms. The third-order valence-electron chi connectivity index (χ3n) is 10.4. The number of rotatable bonds is 16. The summed E-state index contributed by atoms with van der Waals surface area (Å²) in [7, 11) is 0. The summed E-state index contributed by atoms with van der Waals surface area (Å²) in [5.74, 6) is 0. The van der Waals surface area contributed by atoms with Crippen molar-refractivity contribution < 1.29 is 5.48 Å². The molecule has 6 aromatic rings. The predicted octanol–water partition coefficient (Wildman–Crippen LogP) is 10.6. The van der Waals surface area contributed by atoms with Crippen LogP contribution in [0.1, 0.15) is 44.9 Å². The largest absolute Gasteiger partial charge is 0.412 e. The first kappa shape index (κ1) is 38.3. The van der Waals surface area contributed by atoms with Crippen LogP contribution in [0.3, 0.4) is 0 Å². The van der Waals surface area contributed by atoms with E-state index in [9.17, 15) is 0 Å². The van der Waals surface area contributed by atoms with Crippen molar-refractivity contribution in [2.24, 2.45) is 0 Å². The zero-order chi connectivity index (χ0) is 33.9. The van der Waals surface area contributed by atoms with Gasteiger partial charge in [-0.15, -0.1) is 0 Å². The number of hydrogen-bond donors (Lipinski definition) is 0. The Morgan fingerprint density at radius 3 is 0.600 bits per heavy atom. The predicted molar refractivity (Wildman–Crippen MR) is 234 cm³/mol. The zero-order valence-electron chi connectivity index (χ0n) is 28.8. The second-order valence-electron chi connectivity index (χ2n) is 13.3. The maximum absolute atomic E-state index is 4.63. The molecule has 6 rings (SSSR count). The molecule has 0 saturated heterocycles. The molecule has 6 aromatic carbocycles. The van der Waals surface area contributed by atoms with E-state index in [0.717, 1.165) is 12.3 Å². The van der Waals surface area contributed by atoms with Gasteiger partial charge in [-0.25, -0.2) is 0 Å². The molecule has 0 atom stereocenters. The molecule has 0 amide bonds. The van der Waals surface area contributed by atoms with Gasteiger partial charge in [0.2, 0.25) is 0 Å². The number of hydrogen-bond acceptors (Lipinski definition) is 0. The van der Waals surface area contributed by atoms with Crippen LogP contribution in [0.5, 0.6) is 0 Å². The van der Waals surface area contributed by atoms with Crippen LogP contribution in [-0.2, 0) is 0 Å². The molecule has 260 valence electrons. The summed E-state index contributed by atoms with van der Waals surface area (Å²) in [6.45, 7) is 0. The molecule has 0 fully saturated rings. The summed E-state index contributed by atoms with van der Waals surface area (Å²) >= 11 is 9.26. The van der Waals surface area contributed by atoms with Crippen LogP contribution < -0.4 is 31.8 Å². The van der Waals surface area contributed by atoms with E-state index in [4.69, 9.17) is 0 Å². The summed E-state index contributed by atoms with van der Waals surface area (Å²) in [4.78, 5) is 0. The average Bonchev–Trinajstić information content (AvgIpc) is 3.19. The molecular weight excluding hydrogens is 778 g/mol. The molecule has 0 spiro atoms. The molecule has 0 aliphatic rings. The fourth-order valence-electron chi connectivity index (χ4n) is 7.80. The van der Waals surface area contributed by atoms with Crippen molar-refractivity contribution in [2.45, 2.75) is 44.9 Å². The quantitative estimate of drug-likeness (QED) is 0.0688. The van der Waals surface area contributed by atoms with Crippen molar-refractivity contribution in [1.82, 2.24) is 0 Å². The summed E-state index contributed by atoms with van der Waals surface area (Å²) < 4.78 is 0. The SMILES string of the molecule is BrP(CCCCCCCCCP(Br)(c1ccccc1)(c1ccccc1)c1ccccc1)(c1ccccc1)(c1ccccc1)c1ccccc1.O. The second kappa shape index (κ2) is 17.1. The Morgan fingerprint density at radius 2 is 0.420 bits per heavy atom. The smallest absolute Gasteiger partial charge is 0.412 e. The third kappa shape index (κ3) is 7.37. The first-order chi connectivity index (χ1) is 24.0. The number of halogens is 2. The fourth-order valence-corrected chi connectivity index (χ4v) is 23.3. The van der Waals surface area contributed by atoms with E-state index < -0.39 is 10.6 Å². The van der Waals surface area contributed by atoms with Crippen molar-refractivity contribution in [3.05, 3.63) is 182 Å². The summed E-state index contributed by atoms with van der Waals surface area (Å²) in [5, 5.41) is 2.81. The summed E-state index contributed by atoms with van der Waals surface area (Å²) in [6.07, 6.45) is 10.9. The number of unbranched alkanes of at least 4 members (excludes halogenated alkanes) is 6. The molecule has 0 bridgehead atoms. The van der Waals surface area contributed by atoms with Crippen LogP contribution >= 0.6 is 41.6 Å². The van der Waals surface area contributed by atoms with Crippen molar-refractivity contribution in [3.63, 3.8) is 0 Å². The Balaban J connectivity index is 0.00000486. The molecule has 0 radical (unpaired) electrons. The summed E-state index contributed by atoms with van der Waals surface area (Å²) in [6, 6.07) is 67.3. The molecule has 50 heavy (non-hydrogen) atoms. The van der Waals surface area contributed by atoms with E-state index >= 15 is 0 Å². The molecule has 0 saturated carbocycles. The molecule has 0 aliphatic heterocycles. The minimum absolute atomic E-state index is 0. The van der Waals surface area contributed by atoms with Gasteiger partial charge in [0.25, 0.3) is 0 Å². The van der Waals surface area contributed by atoms with Crippen molar-refractivity contribution in [2.75, 3.05) is 12.3 Å². The average molecular weight is 829 g/mol. The Kier molecular flexibility index (Phi) is 13.1. The maximum atomic E-state index is 4.63. The van der Waals surface area contributed by atoms with Gasteiger partial charge in [-0.3, -0.25) is 0 Å². The first-order valence-electron chi connectivity index (χ1n) is 17.8. The second-order valence-corrected chi connectivity index (χ2v) is 31.4. The van der Waals surface area contributed by atoms with E-state index in [1.807, 2.05) is 0 Å². The van der Waals surface area contributed by atoms with Crippen molar-refractivity contribution in [1.29, 1.82) is 0 Å². The van der Waals surface area contributed by atoms with Gasteiger partial charge in [0, 0.05) is 0 Å². The Labute approximate surface area is 316 Å². The molecule has 1 nitrogen and oxygen atoms in total. The molecular formula is C45H50Br2OP2. The molecule has 0 aromatic heterocycles.